The van der Waals surface area contributed by atoms with Gasteiger partial charge in [0.15, 0.2) is 5.89 Å². The Morgan fingerprint density at radius 2 is 2.14 bits per heavy atom. The predicted octanol–water partition coefficient (Wildman–Crippen LogP) is 5.01. The second-order valence-corrected chi connectivity index (χ2v) is 7.34. The van der Waals surface area contributed by atoms with E-state index in [0.29, 0.717) is 26.1 Å². The zero-order chi connectivity index (χ0) is 20.1. The van der Waals surface area contributed by atoms with Crippen LogP contribution in [0.15, 0.2) is 28.7 Å². The summed E-state index contributed by atoms with van der Waals surface area (Å²) in [5, 5.41) is 0. The van der Waals surface area contributed by atoms with Crippen molar-refractivity contribution in [3.8, 4) is 5.75 Å². The van der Waals surface area contributed by atoms with E-state index < -0.39 is 0 Å². The lowest BCUT2D eigenvalue weighted by molar-refractivity contribution is -0.141. The number of aryl methyl sites for hydroxylation is 1. The van der Waals surface area contributed by atoms with Crippen molar-refractivity contribution < 1.29 is 18.7 Å². The van der Waals surface area contributed by atoms with Gasteiger partial charge in [-0.05, 0) is 43.9 Å². The summed E-state index contributed by atoms with van der Waals surface area (Å²) in [4.78, 5) is 16.5. The van der Waals surface area contributed by atoms with Gasteiger partial charge in [0.05, 0.1) is 25.3 Å². The molecule has 0 atom stereocenters. The van der Waals surface area contributed by atoms with E-state index in [-0.39, 0.29) is 11.9 Å². The van der Waals surface area contributed by atoms with Crippen LogP contribution in [0.3, 0.4) is 0 Å². The summed E-state index contributed by atoms with van der Waals surface area (Å²) in [7, 11) is 0. The van der Waals surface area contributed by atoms with Crippen LogP contribution in [0.2, 0.25) is 0 Å². The minimum absolute atomic E-state index is 0.185. The number of allylic oxidation sites excluding steroid dienone is 1. The number of nitrogens with zero attached hydrogens (tertiary/aromatic N) is 1. The van der Waals surface area contributed by atoms with Gasteiger partial charge in [0.25, 0.3) is 0 Å². The number of fused-ring (bicyclic) bond motifs is 1. The van der Waals surface area contributed by atoms with Gasteiger partial charge >= 0.3 is 5.97 Å². The van der Waals surface area contributed by atoms with Crippen LogP contribution in [0.5, 0.6) is 5.75 Å². The highest BCUT2D eigenvalue weighted by Gasteiger charge is 2.19. The average molecular weight is 383 g/mol. The molecule has 1 heterocycles. The Kier molecular flexibility index (Phi) is 6.55. The molecule has 5 nitrogen and oxygen atoms in total. The number of oxazole rings is 1. The van der Waals surface area contributed by atoms with Crippen molar-refractivity contribution in [3.63, 3.8) is 0 Å². The van der Waals surface area contributed by atoms with E-state index in [2.05, 4.69) is 31.0 Å². The molecule has 0 N–H and O–H groups in total. The Bertz CT molecular complexity index is 863. The number of carbonyl (C=O) groups is 1. The molecule has 0 unspecified atom stereocenters. The highest BCUT2D eigenvalue weighted by molar-refractivity contribution is 5.87. The van der Waals surface area contributed by atoms with Crippen LogP contribution < -0.4 is 4.74 Å². The predicted molar refractivity (Wildman–Crippen MR) is 109 cm³/mol. The van der Waals surface area contributed by atoms with E-state index in [9.17, 15) is 4.79 Å². The number of hydrogen-bond acceptors (Lipinski definition) is 5. The average Bonchev–Trinajstić information content (AvgIpc) is 3.04. The van der Waals surface area contributed by atoms with Crippen LogP contribution in [0, 0.1) is 6.92 Å². The molecule has 0 bridgehead atoms. The van der Waals surface area contributed by atoms with E-state index >= 15 is 0 Å². The van der Waals surface area contributed by atoms with Crippen molar-refractivity contribution >= 4 is 11.5 Å². The molecule has 1 aromatic carbocycles. The van der Waals surface area contributed by atoms with Crippen molar-refractivity contribution in [1.29, 1.82) is 0 Å². The van der Waals surface area contributed by atoms with Gasteiger partial charge in [0.1, 0.15) is 11.5 Å². The summed E-state index contributed by atoms with van der Waals surface area (Å²) in [6, 6.07) is 6.04. The highest BCUT2D eigenvalue weighted by Crippen LogP contribution is 2.35. The Morgan fingerprint density at radius 1 is 1.32 bits per heavy atom. The minimum atomic E-state index is -0.185. The third kappa shape index (κ3) is 4.64. The standard InChI is InChI=1S/C23H29NO4/c1-5-26-22(25)14-17-8-6-10-19-18(17)9-7-11-21(19)27-13-12-20-16(4)28-23(24-20)15(2)3/h7-9,11,15H,5-6,10,12-14H2,1-4H3. The summed E-state index contributed by atoms with van der Waals surface area (Å²) in [5.41, 5.74) is 4.25. The lowest BCUT2D eigenvalue weighted by Crippen LogP contribution is -2.10. The lowest BCUT2D eigenvalue weighted by atomic mass is 9.88. The second kappa shape index (κ2) is 9.09. The molecule has 0 amide bonds. The summed E-state index contributed by atoms with van der Waals surface area (Å²) >= 11 is 0. The molecule has 0 saturated heterocycles. The number of ether oxygens (including phenoxy) is 2. The van der Waals surface area contributed by atoms with Crippen molar-refractivity contribution in [2.75, 3.05) is 13.2 Å². The van der Waals surface area contributed by atoms with Crippen LogP contribution in [0.25, 0.3) is 5.57 Å². The SMILES string of the molecule is CCOC(=O)CC1=CCCc2c(OCCc3nc(C(C)C)oc3C)cccc21. The van der Waals surface area contributed by atoms with Crippen LogP contribution in [-0.4, -0.2) is 24.2 Å². The topological polar surface area (TPSA) is 61.6 Å². The van der Waals surface area contributed by atoms with Gasteiger partial charge in [0, 0.05) is 17.9 Å². The van der Waals surface area contributed by atoms with Gasteiger partial charge in [-0.1, -0.05) is 32.1 Å². The van der Waals surface area contributed by atoms with E-state index in [1.165, 1.54) is 5.56 Å². The summed E-state index contributed by atoms with van der Waals surface area (Å²) in [6.07, 6.45) is 4.97. The van der Waals surface area contributed by atoms with Crippen molar-refractivity contribution in [1.82, 2.24) is 4.98 Å². The fourth-order valence-electron chi connectivity index (χ4n) is 3.48. The molecule has 1 aromatic heterocycles. The third-order valence-corrected chi connectivity index (χ3v) is 4.90. The monoisotopic (exact) mass is 383 g/mol. The first-order valence-corrected chi connectivity index (χ1v) is 10.1. The Labute approximate surface area is 166 Å². The van der Waals surface area contributed by atoms with Crippen molar-refractivity contribution in [2.45, 2.75) is 59.3 Å². The maximum absolute atomic E-state index is 11.9. The van der Waals surface area contributed by atoms with Gasteiger partial charge < -0.3 is 13.9 Å². The molecule has 0 radical (unpaired) electrons. The number of benzene rings is 1. The zero-order valence-electron chi connectivity index (χ0n) is 17.2. The second-order valence-electron chi connectivity index (χ2n) is 7.34. The molecule has 3 rings (SSSR count). The fourth-order valence-corrected chi connectivity index (χ4v) is 3.48. The minimum Gasteiger partial charge on any atom is -0.493 e. The van der Waals surface area contributed by atoms with E-state index in [1.807, 2.05) is 26.0 Å². The number of aromatic nitrogens is 1. The van der Waals surface area contributed by atoms with Crippen molar-refractivity contribution in [3.05, 3.63) is 52.7 Å². The Balaban J connectivity index is 1.68. The zero-order valence-corrected chi connectivity index (χ0v) is 17.2. The van der Waals surface area contributed by atoms with E-state index in [4.69, 9.17) is 13.9 Å². The van der Waals surface area contributed by atoms with E-state index in [0.717, 1.165) is 47.1 Å². The lowest BCUT2D eigenvalue weighted by Gasteiger charge is -2.20. The normalized spacial score (nSPS) is 13.2. The van der Waals surface area contributed by atoms with Crippen LogP contribution >= 0.6 is 0 Å². The maximum Gasteiger partial charge on any atom is 0.310 e. The number of carbonyl (C=O) groups excluding carboxylic acids is 1. The Hall–Kier alpha value is -2.56. The first-order chi connectivity index (χ1) is 13.5. The molecule has 1 aliphatic carbocycles. The maximum atomic E-state index is 11.9. The first-order valence-electron chi connectivity index (χ1n) is 10.1. The molecular formula is C23H29NO4. The van der Waals surface area contributed by atoms with E-state index in [1.54, 1.807) is 0 Å². The summed E-state index contributed by atoms with van der Waals surface area (Å²) < 4.78 is 16.9. The van der Waals surface area contributed by atoms with Crippen LogP contribution in [-0.2, 0) is 22.4 Å². The fraction of sp³-hybridized carbons (Fsp3) is 0.478. The number of esters is 1. The molecule has 150 valence electrons. The van der Waals surface area contributed by atoms with Gasteiger partial charge in [-0.15, -0.1) is 0 Å². The first kappa shape index (κ1) is 20.2. The highest BCUT2D eigenvalue weighted by atomic mass is 16.5. The molecule has 0 aliphatic heterocycles. The smallest absolute Gasteiger partial charge is 0.310 e. The van der Waals surface area contributed by atoms with Crippen LogP contribution in [0.4, 0.5) is 0 Å². The van der Waals surface area contributed by atoms with Crippen LogP contribution in [0.1, 0.15) is 68.0 Å². The van der Waals surface area contributed by atoms with Gasteiger partial charge in [-0.2, -0.15) is 0 Å². The molecule has 1 aliphatic rings. The largest absolute Gasteiger partial charge is 0.493 e. The molecule has 0 spiro atoms. The molecule has 0 saturated carbocycles. The molecule has 0 fully saturated rings. The summed E-state index contributed by atoms with van der Waals surface area (Å²) in [5.74, 6) is 2.62. The Morgan fingerprint density at radius 3 is 2.86 bits per heavy atom. The van der Waals surface area contributed by atoms with Gasteiger partial charge in [0.2, 0.25) is 0 Å². The van der Waals surface area contributed by atoms with Gasteiger partial charge in [-0.25, -0.2) is 4.98 Å². The quantitative estimate of drug-likeness (QED) is 0.600. The molecular weight excluding hydrogens is 354 g/mol. The van der Waals surface area contributed by atoms with Crippen molar-refractivity contribution in [2.24, 2.45) is 0 Å². The third-order valence-electron chi connectivity index (χ3n) is 4.90. The molecule has 2 aromatic rings. The van der Waals surface area contributed by atoms with Gasteiger partial charge in [-0.3, -0.25) is 4.79 Å². The number of hydrogen-bond donors (Lipinski definition) is 0. The summed E-state index contributed by atoms with van der Waals surface area (Å²) in [6.45, 7) is 8.87. The molecule has 28 heavy (non-hydrogen) atoms. The number of rotatable bonds is 8. The molecule has 5 heteroatoms.